The molecule has 0 N–H and O–H groups in total. The summed E-state index contributed by atoms with van der Waals surface area (Å²) >= 11 is 0. The minimum absolute atomic E-state index is 0.420. The molecule has 0 aliphatic heterocycles. The summed E-state index contributed by atoms with van der Waals surface area (Å²) in [5, 5.41) is 2.40. The maximum absolute atomic E-state index is 4.76. The van der Waals surface area contributed by atoms with Gasteiger partial charge in [-0.3, -0.25) is 9.97 Å². The van der Waals surface area contributed by atoms with Gasteiger partial charge in [-0.2, -0.15) is 0 Å². The molecule has 2 heterocycles. The topological polar surface area (TPSA) is 29.0 Å². The lowest BCUT2D eigenvalue weighted by Crippen LogP contribution is -2.13. The second-order valence-corrected chi connectivity index (χ2v) is 4.99. The monoisotopic (exact) mass is 229 g/mol. The summed E-state index contributed by atoms with van der Waals surface area (Å²) in [5.41, 5.74) is 2.27. The Hall–Kier alpha value is -1.48. The van der Waals surface area contributed by atoms with Crippen molar-refractivity contribution >= 4 is 10.8 Å². The molecule has 3 nitrogen and oxygen atoms in total. The highest BCUT2D eigenvalue weighted by Gasteiger charge is 2.09. The van der Waals surface area contributed by atoms with E-state index in [1.54, 1.807) is 0 Å². The van der Waals surface area contributed by atoms with Gasteiger partial charge in [0.15, 0.2) is 0 Å². The molecule has 0 unspecified atom stereocenters. The highest BCUT2D eigenvalue weighted by Crippen LogP contribution is 2.23. The number of fused-ring (bicyclic) bond motifs is 1. The molecule has 2 aromatic rings. The van der Waals surface area contributed by atoms with Crippen LogP contribution in [0.2, 0.25) is 0 Å². The first-order valence-corrected chi connectivity index (χ1v) is 5.96. The van der Waals surface area contributed by atoms with Crippen LogP contribution in [-0.2, 0) is 6.54 Å². The Morgan fingerprint density at radius 1 is 1.29 bits per heavy atom. The largest absolute Gasteiger partial charge is 0.304 e. The van der Waals surface area contributed by atoms with Crippen LogP contribution in [0.1, 0.15) is 31.2 Å². The zero-order valence-electron chi connectivity index (χ0n) is 10.9. The predicted molar refractivity (Wildman–Crippen MR) is 71.0 cm³/mol. The highest BCUT2D eigenvalue weighted by molar-refractivity contribution is 5.84. The van der Waals surface area contributed by atoms with Crippen molar-refractivity contribution in [2.24, 2.45) is 0 Å². The summed E-state index contributed by atoms with van der Waals surface area (Å²) < 4.78 is 0. The van der Waals surface area contributed by atoms with E-state index in [4.69, 9.17) is 4.98 Å². The summed E-state index contributed by atoms with van der Waals surface area (Å²) in [6.07, 6.45) is 3.75. The van der Waals surface area contributed by atoms with Crippen LogP contribution in [0, 0.1) is 0 Å². The van der Waals surface area contributed by atoms with Gasteiger partial charge >= 0.3 is 0 Å². The molecule has 0 saturated carbocycles. The van der Waals surface area contributed by atoms with E-state index in [2.05, 4.69) is 50.0 Å². The first kappa shape index (κ1) is 12.0. The molecule has 2 rings (SSSR count). The predicted octanol–water partition coefficient (Wildman–Crippen LogP) is 2.81. The van der Waals surface area contributed by atoms with Crippen LogP contribution in [0.15, 0.2) is 24.5 Å². The van der Waals surface area contributed by atoms with E-state index in [9.17, 15) is 0 Å². The van der Waals surface area contributed by atoms with Gasteiger partial charge in [-0.05, 0) is 37.5 Å². The second-order valence-electron chi connectivity index (χ2n) is 4.99. The first-order valence-electron chi connectivity index (χ1n) is 5.96. The van der Waals surface area contributed by atoms with Gasteiger partial charge in [0, 0.05) is 24.3 Å². The van der Waals surface area contributed by atoms with E-state index in [0.29, 0.717) is 5.92 Å². The zero-order chi connectivity index (χ0) is 12.4. The molecule has 0 bridgehead atoms. The molecular formula is C14H19N3. The molecule has 2 aromatic heterocycles. The maximum Gasteiger partial charge on any atom is 0.0553 e. The van der Waals surface area contributed by atoms with Crippen LogP contribution in [0.4, 0.5) is 0 Å². The molecular weight excluding hydrogens is 210 g/mol. The number of pyridine rings is 2. The van der Waals surface area contributed by atoms with Crippen molar-refractivity contribution in [3.8, 4) is 0 Å². The van der Waals surface area contributed by atoms with Gasteiger partial charge in [-0.15, -0.1) is 0 Å². The van der Waals surface area contributed by atoms with Crippen molar-refractivity contribution in [2.75, 3.05) is 14.1 Å². The highest BCUT2D eigenvalue weighted by atomic mass is 15.1. The lowest BCUT2D eigenvalue weighted by molar-refractivity contribution is 0.396. The van der Waals surface area contributed by atoms with E-state index < -0.39 is 0 Å². The number of rotatable bonds is 3. The van der Waals surface area contributed by atoms with Crippen molar-refractivity contribution < 1.29 is 0 Å². The quantitative estimate of drug-likeness (QED) is 0.810. The van der Waals surface area contributed by atoms with Gasteiger partial charge in [0.2, 0.25) is 0 Å². The maximum atomic E-state index is 4.76. The molecule has 0 radical (unpaired) electrons. The molecule has 0 aliphatic rings. The fraction of sp³-hybridized carbons (Fsp3) is 0.429. The second kappa shape index (κ2) is 4.80. The fourth-order valence-corrected chi connectivity index (χ4v) is 2.02. The molecule has 0 spiro atoms. The van der Waals surface area contributed by atoms with E-state index >= 15 is 0 Å². The van der Waals surface area contributed by atoms with Crippen LogP contribution in [0.5, 0.6) is 0 Å². The Kier molecular flexibility index (Phi) is 3.38. The summed E-state index contributed by atoms with van der Waals surface area (Å²) in [4.78, 5) is 11.1. The van der Waals surface area contributed by atoms with Gasteiger partial charge in [0.1, 0.15) is 0 Å². The molecule has 0 fully saturated rings. The molecule has 0 aromatic carbocycles. The molecule has 0 atom stereocenters. The smallest absolute Gasteiger partial charge is 0.0553 e. The molecule has 90 valence electrons. The third kappa shape index (κ3) is 2.61. The van der Waals surface area contributed by atoms with Crippen LogP contribution in [0.25, 0.3) is 10.8 Å². The van der Waals surface area contributed by atoms with E-state index in [-0.39, 0.29) is 0 Å². The van der Waals surface area contributed by atoms with Crippen LogP contribution < -0.4 is 0 Å². The van der Waals surface area contributed by atoms with E-state index in [1.807, 2.05) is 12.4 Å². The number of hydrogen-bond donors (Lipinski definition) is 0. The van der Waals surface area contributed by atoms with Gasteiger partial charge in [-0.1, -0.05) is 13.8 Å². The van der Waals surface area contributed by atoms with Crippen molar-refractivity contribution in [2.45, 2.75) is 26.3 Å². The summed E-state index contributed by atoms with van der Waals surface area (Å²) in [7, 11) is 4.13. The lowest BCUT2D eigenvalue weighted by atomic mass is 10.0. The minimum atomic E-state index is 0.420. The SMILES string of the molecule is CC(C)c1nc(CN(C)C)cc2ccncc12. The average Bonchev–Trinajstić information content (AvgIpc) is 2.27. The van der Waals surface area contributed by atoms with Crippen molar-refractivity contribution in [3.05, 3.63) is 35.9 Å². The third-order valence-corrected chi connectivity index (χ3v) is 2.74. The first-order chi connectivity index (χ1) is 8.08. The lowest BCUT2D eigenvalue weighted by Gasteiger charge is -2.14. The Morgan fingerprint density at radius 3 is 2.71 bits per heavy atom. The molecule has 0 saturated heterocycles. The van der Waals surface area contributed by atoms with Gasteiger partial charge in [0.25, 0.3) is 0 Å². The Labute approximate surface area is 103 Å². The van der Waals surface area contributed by atoms with Crippen LogP contribution in [0.3, 0.4) is 0 Å². The van der Waals surface area contributed by atoms with Gasteiger partial charge < -0.3 is 4.90 Å². The third-order valence-electron chi connectivity index (χ3n) is 2.74. The van der Waals surface area contributed by atoms with E-state index in [0.717, 1.165) is 17.9 Å². The summed E-state index contributed by atoms with van der Waals surface area (Å²) in [6.45, 7) is 5.22. The van der Waals surface area contributed by atoms with Crippen LogP contribution in [-0.4, -0.2) is 29.0 Å². The van der Waals surface area contributed by atoms with Crippen molar-refractivity contribution in [1.29, 1.82) is 0 Å². The molecule has 17 heavy (non-hydrogen) atoms. The summed E-state index contributed by atoms with van der Waals surface area (Å²) in [5.74, 6) is 0.420. The molecule has 3 heteroatoms. The number of hydrogen-bond acceptors (Lipinski definition) is 3. The van der Waals surface area contributed by atoms with Crippen molar-refractivity contribution in [1.82, 2.24) is 14.9 Å². The fourth-order valence-electron chi connectivity index (χ4n) is 2.02. The molecule has 0 aliphatic carbocycles. The minimum Gasteiger partial charge on any atom is -0.304 e. The van der Waals surface area contributed by atoms with Crippen molar-refractivity contribution in [3.63, 3.8) is 0 Å². The van der Waals surface area contributed by atoms with E-state index in [1.165, 1.54) is 10.8 Å². The summed E-state index contributed by atoms with van der Waals surface area (Å²) in [6, 6.07) is 4.21. The number of nitrogens with zero attached hydrogens (tertiary/aromatic N) is 3. The zero-order valence-corrected chi connectivity index (χ0v) is 10.9. The number of aromatic nitrogens is 2. The van der Waals surface area contributed by atoms with Gasteiger partial charge in [-0.25, -0.2) is 0 Å². The van der Waals surface area contributed by atoms with Crippen LogP contribution >= 0.6 is 0 Å². The average molecular weight is 229 g/mol. The molecule has 0 amide bonds. The Balaban J connectivity index is 2.58. The Bertz CT molecular complexity index is 518. The standard InChI is InChI=1S/C14H19N3/c1-10(2)14-13-8-15-6-5-11(13)7-12(16-14)9-17(3)4/h5-8,10H,9H2,1-4H3. The Morgan fingerprint density at radius 2 is 2.06 bits per heavy atom. The normalized spacial score (nSPS) is 11.6. The van der Waals surface area contributed by atoms with Gasteiger partial charge in [0.05, 0.1) is 11.4 Å².